The summed E-state index contributed by atoms with van der Waals surface area (Å²) in [6.45, 7) is 4.17. The van der Waals surface area contributed by atoms with Crippen LogP contribution in [0.5, 0.6) is 0 Å². The van der Waals surface area contributed by atoms with Crippen molar-refractivity contribution in [2.45, 2.75) is 39.3 Å². The lowest BCUT2D eigenvalue weighted by molar-refractivity contribution is 0.298. The molecule has 0 bridgehead atoms. The zero-order chi connectivity index (χ0) is 19.1. The van der Waals surface area contributed by atoms with Crippen molar-refractivity contribution in [3.8, 4) is 11.1 Å². The quantitative estimate of drug-likeness (QED) is 0.594. The normalized spacial score (nSPS) is 16.4. The monoisotopic (exact) mass is 365 g/mol. The van der Waals surface area contributed by atoms with Crippen LogP contribution in [0.25, 0.3) is 11.1 Å². The summed E-state index contributed by atoms with van der Waals surface area (Å²) in [5.74, 6) is 0. The number of nitrogens with one attached hydrogen (secondary N) is 2. The average molecular weight is 365 g/mol. The summed E-state index contributed by atoms with van der Waals surface area (Å²) < 4.78 is 0. The maximum absolute atomic E-state index is 9.90. The van der Waals surface area contributed by atoms with Crippen molar-refractivity contribution in [2.75, 3.05) is 11.6 Å². The van der Waals surface area contributed by atoms with E-state index in [9.17, 15) is 5.11 Å². The minimum absolute atomic E-state index is 0.0304. The molecule has 0 amide bonds. The van der Waals surface area contributed by atoms with Crippen LogP contribution in [0, 0.1) is 0 Å². The predicted octanol–water partition coefficient (Wildman–Crippen LogP) is 4.68. The molecule has 3 rings (SSSR count). The van der Waals surface area contributed by atoms with Crippen molar-refractivity contribution in [1.82, 2.24) is 11.0 Å². The molecule has 0 saturated carbocycles. The fraction of sp³-hybridized carbons (Fsp3) is 0.333. The van der Waals surface area contributed by atoms with Gasteiger partial charge in [-0.2, -0.15) is 5.43 Å². The molecule has 0 aliphatic carbocycles. The maximum Gasteiger partial charge on any atom is 0.166 e. The van der Waals surface area contributed by atoms with Crippen LogP contribution < -0.4 is 15.9 Å². The number of rotatable bonds is 8. The van der Waals surface area contributed by atoms with Gasteiger partial charge in [0.2, 0.25) is 0 Å². The first-order valence-electron chi connectivity index (χ1n) is 9.41. The molecule has 2 aromatic carbocycles. The smallest absolute Gasteiger partial charge is 0.166 e. The van der Waals surface area contributed by atoms with Gasteiger partial charge < -0.3 is 10.0 Å². The fourth-order valence-corrected chi connectivity index (χ4v) is 3.30. The van der Waals surface area contributed by atoms with E-state index in [0.29, 0.717) is 0 Å². The molecule has 0 spiro atoms. The Hall–Kier alpha value is -2.70. The van der Waals surface area contributed by atoms with E-state index < -0.39 is 0 Å². The highest BCUT2D eigenvalue weighted by Crippen LogP contribution is 2.32. The number of unbranched alkanes of at least 4 members (excludes halogenated alkanes) is 1. The van der Waals surface area contributed by atoms with Gasteiger partial charge in [-0.15, -0.1) is 5.11 Å². The van der Waals surface area contributed by atoms with E-state index in [1.165, 1.54) is 0 Å². The Bertz CT molecular complexity index is 800. The highest BCUT2D eigenvalue weighted by atomic mass is 16.3. The third kappa shape index (κ3) is 4.35. The van der Waals surface area contributed by atoms with Gasteiger partial charge in [-0.25, -0.2) is 5.53 Å². The summed E-state index contributed by atoms with van der Waals surface area (Å²) in [6, 6.07) is 16.4. The van der Waals surface area contributed by atoms with E-state index in [1.807, 2.05) is 24.0 Å². The molecule has 6 nitrogen and oxygen atoms in total. The Morgan fingerprint density at radius 3 is 2.59 bits per heavy atom. The van der Waals surface area contributed by atoms with Crippen molar-refractivity contribution in [2.24, 2.45) is 10.3 Å². The van der Waals surface area contributed by atoms with Crippen LogP contribution in [0.4, 0.5) is 5.69 Å². The van der Waals surface area contributed by atoms with Crippen LogP contribution >= 0.6 is 0 Å². The lowest BCUT2D eigenvalue weighted by Gasteiger charge is -2.25. The van der Waals surface area contributed by atoms with Gasteiger partial charge in [0.15, 0.2) is 6.17 Å². The first-order valence-corrected chi connectivity index (χ1v) is 9.41. The van der Waals surface area contributed by atoms with E-state index in [0.717, 1.165) is 47.3 Å². The average Bonchev–Trinajstić information content (AvgIpc) is 3.26. The van der Waals surface area contributed by atoms with Crippen molar-refractivity contribution in [1.29, 1.82) is 0 Å². The van der Waals surface area contributed by atoms with Gasteiger partial charge in [0.25, 0.3) is 0 Å². The third-order valence-electron chi connectivity index (χ3n) is 4.78. The van der Waals surface area contributed by atoms with E-state index >= 15 is 0 Å². The summed E-state index contributed by atoms with van der Waals surface area (Å²) >= 11 is 0. The topological polar surface area (TPSA) is 72.2 Å². The molecule has 3 N–H and O–H groups in total. The molecule has 1 atom stereocenters. The number of nitrogens with zero attached hydrogens (tertiary/aromatic N) is 3. The number of anilines is 1. The first kappa shape index (κ1) is 19.1. The molecule has 0 fully saturated rings. The van der Waals surface area contributed by atoms with Gasteiger partial charge in [-0.3, -0.25) is 0 Å². The second-order valence-corrected chi connectivity index (χ2v) is 6.46. The third-order valence-corrected chi connectivity index (χ3v) is 4.78. The molecule has 0 saturated heterocycles. The van der Waals surface area contributed by atoms with Crippen LogP contribution in [-0.2, 0) is 0 Å². The summed E-state index contributed by atoms with van der Waals surface area (Å²) in [5, 5.41) is 17.9. The van der Waals surface area contributed by atoms with Crippen LogP contribution in [0.3, 0.4) is 0 Å². The Balaban J connectivity index is 1.86. The Kier molecular flexibility index (Phi) is 6.57. The van der Waals surface area contributed by atoms with E-state index in [-0.39, 0.29) is 12.9 Å². The summed E-state index contributed by atoms with van der Waals surface area (Å²) in [6.07, 6.45) is 5.09. The molecular weight excluding hydrogens is 338 g/mol. The Morgan fingerprint density at radius 1 is 1.19 bits per heavy atom. The van der Waals surface area contributed by atoms with Crippen molar-refractivity contribution in [3.05, 3.63) is 65.9 Å². The number of benzene rings is 2. The lowest BCUT2D eigenvalue weighted by atomic mass is 9.98. The molecule has 142 valence electrons. The highest BCUT2D eigenvalue weighted by Gasteiger charge is 2.18. The van der Waals surface area contributed by atoms with Crippen molar-refractivity contribution in [3.63, 3.8) is 0 Å². The van der Waals surface area contributed by atoms with E-state index in [4.69, 9.17) is 0 Å². The summed E-state index contributed by atoms with van der Waals surface area (Å²) in [4.78, 5) is 1.96. The fourth-order valence-electron chi connectivity index (χ4n) is 3.30. The number of aliphatic hydroxyl groups excluding tert-OH is 1. The second kappa shape index (κ2) is 9.30. The van der Waals surface area contributed by atoms with Gasteiger partial charge in [-0.1, -0.05) is 61.0 Å². The Morgan fingerprint density at radius 2 is 1.96 bits per heavy atom. The second-order valence-electron chi connectivity index (χ2n) is 6.46. The number of aliphatic hydroxyl groups is 1. The molecule has 2 aromatic rings. The molecule has 27 heavy (non-hydrogen) atoms. The zero-order valence-corrected chi connectivity index (χ0v) is 15.9. The largest absolute Gasteiger partial charge is 0.376 e. The SMILES string of the molecule is C/C=C(/CCCC)N(CO)c1ccc(-c2ccccc2C2N=NNN2)cc1. The van der Waals surface area contributed by atoms with Crippen LogP contribution in [0.15, 0.2) is 70.6 Å². The minimum atomic E-state index is -0.196. The van der Waals surface area contributed by atoms with Crippen molar-refractivity contribution < 1.29 is 5.11 Å². The molecule has 1 heterocycles. The van der Waals surface area contributed by atoms with Gasteiger partial charge in [0, 0.05) is 16.9 Å². The predicted molar refractivity (Wildman–Crippen MR) is 109 cm³/mol. The first-order chi connectivity index (χ1) is 13.3. The van der Waals surface area contributed by atoms with Gasteiger partial charge in [0.1, 0.15) is 6.73 Å². The van der Waals surface area contributed by atoms with Crippen LogP contribution in [0.2, 0.25) is 0 Å². The van der Waals surface area contributed by atoms with Gasteiger partial charge in [-0.05, 0) is 43.0 Å². The molecule has 1 aliphatic rings. The molecule has 0 radical (unpaired) electrons. The van der Waals surface area contributed by atoms with E-state index in [1.54, 1.807) is 0 Å². The summed E-state index contributed by atoms with van der Waals surface area (Å²) in [7, 11) is 0. The molecule has 1 unspecified atom stereocenters. The lowest BCUT2D eigenvalue weighted by Crippen LogP contribution is -2.24. The molecule has 0 aromatic heterocycles. The molecule has 1 aliphatic heterocycles. The van der Waals surface area contributed by atoms with Crippen molar-refractivity contribution >= 4 is 5.69 Å². The molecule has 6 heteroatoms. The maximum atomic E-state index is 9.90. The minimum Gasteiger partial charge on any atom is -0.376 e. The number of hydrazine groups is 1. The van der Waals surface area contributed by atoms with Gasteiger partial charge in [0.05, 0.1) is 0 Å². The van der Waals surface area contributed by atoms with Crippen LogP contribution in [-0.4, -0.2) is 11.8 Å². The zero-order valence-electron chi connectivity index (χ0n) is 15.9. The number of hydrogen-bond acceptors (Lipinski definition) is 6. The number of allylic oxidation sites excluding steroid dienone is 2. The highest BCUT2D eigenvalue weighted by molar-refractivity contribution is 5.70. The standard InChI is InChI=1S/C21H27N5O/c1-3-5-8-17(4-2)26(15-27)18-13-11-16(12-14-18)19-9-6-7-10-20(19)21-22-24-25-23-21/h4,6-7,9-14,21,27H,3,5,8,15H2,1-2H3,(H,22,25)(H,23,24)/b17-4-. The number of hydrogen-bond donors (Lipinski definition) is 3. The molecular formula is C21H27N5O. The summed E-state index contributed by atoms with van der Waals surface area (Å²) in [5.41, 5.74) is 11.1. The van der Waals surface area contributed by atoms with Crippen LogP contribution in [0.1, 0.15) is 44.8 Å². The Labute approximate surface area is 160 Å². The van der Waals surface area contributed by atoms with Gasteiger partial charge >= 0.3 is 0 Å². The van der Waals surface area contributed by atoms with E-state index in [2.05, 4.69) is 70.7 Å².